The third-order valence-corrected chi connectivity index (χ3v) is 6.20. The Hall–Kier alpha value is -3.43. The standard InChI is InChI=1S/C28H22O2S/c1-19-13-15-25(23(17-19)27(29)21-9-5-3-6-10-21)31-26-16-14-20(2)18-24(26)28(30)22-11-7-4-8-12-22/h3-18H,1-2H3. The number of benzene rings is 4. The average molecular weight is 423 g/mol. The van der Waals surface area contributed by atoms with Crippen LogP contribution in [0.1, 0.15) is 43.0 Å². The molecule has 3 heteroatoms. The Balaban J connectivity index is 1.76. The average Bonchev–Trinajstić information content (AvgIpc) is 2.81. The zero-order chi connectivity index (χ0) is 21.8. The first kappa shape index (κ1) is 20.8. The summed E-state index contributed by atoms with van der Waals surface area (Å²) < 4.78 is 0. The topological polar surface area (TPSA) is 34.1 Å². The van der Waals surface area contributed by atoms with Crippen molar-refractivity contribution >= 4 is 23.3 Å². The highest BCUT2D eigenvalue weighted by atomic mass is 32.2. The molecule has 4 aromatic carbocycles. The molecule has 4 rings (SSSR count). The maximum absolute atomic E-state index is 13.2. The van der Waals surface area contributed by atoms with Crippen LogP contribution in [-0.4, -0.2) is 11.6 Å². The van der Waals surface area contributed by atoms with Gasteiger partial charge >= 0.3 is 0 Å². The normalized spacial score (nSPS) is 10.6. The molecule has 0 saturated carbocycles. The highest BCUT2D eigenvalue weighted by molar-refractivity contribution is 7.99. The van der Waals surface area contributed by atoms with Crippen molar-refractivity contribution in [3.05, 3.63) is 130 Å². The molecular weight excluding hydrogens is 400 g/mol. The molecule has 31 heavy (non-hydrogen) atoms. The van der Waals surface area contributed by atoms with Gasteiger partial charge in [0, 0.05) is 32.0 Å². The Labute approximate surface area is 187 Å². The van der Waals surface area contributed by atoms with Crippen LogP contribution >= 0.6 is 11.8 Å². The maximum Gasteiger partial charge on any atom is 0.194 e. The summed E-state index contributed by atoms with van der Waals surface area (Å²) in [5.41, 5.74) is 4.64. The highest BCUT2D eigenvalue weighted by Crippen LogP contribution is 2.35. The summed E-state index contributed by atoms with van der Waals surface area (Å²) in [6, 6.07) is 30.3. The first-order chi connectivity index (χ1) is 15.0. The van der Waals surface area contributed by atoms with E-state index in [9.17, 15) is 9.59 Å². The van der Waals surface area contributed by atoms with Crippen molar-refractivity contribution < 1.29 is 9.59 Å². The summed E-state index contributed by atoms with van der Waals surface area (Å²) in [7, 11) is 0. The number of rotatable bonds is 6. The minimum atomic E-state index is -0.0187. The van der Waals surface area contributed by atoms with Gasteiger partial charge < -0.3 is 0 Å². The molecule has 0 aliphatic rings. The molecule has 152 valence electrons. The van der Waals surface area contributed by atoms with Gasteiger partial charge in [0.15, 0.2) is 11.6 Å². The van der Waals surface area contributed by atoms with Crippen molar-refractivity contribution in [2.24, 2.45) is 0 Å². The number of hydrogen-bond donors (Lipinski definition) is 0. The van der Waals surface area contributed by atoms with Gasteiger partial charge in [-0.25, -0.2) is 0 Å². The first-order valence-corrected chi connectivity index (χ1v) is 10.9. The third kappa shape index (κ3) is 4.68. The second-order valence-corrected chi connectivity index (χ2v) is 8.58. The monoisotopic (exact) mass is 422 g/mol. The summed E-state index contributed by atoms with van der Waals surface area (Å²) in [6.45, 7) is 3.96. The van der Waals surface area contributed by atoms with E-state index in [1.165, 1.54) is 11.8 Å². The predicted molar refractivity (Wildman–Crippen MR) is 126 cm³/mol. The van der Waals surface area contributed by atoms with E-state index in [1.54, 1.807) is 0 Å². The Morgan fingerprint density at radius 1 is 0.548 bits per heavy atom. The van der Waals surface area contributed by atoms with Crippen LogP contribution in [0, 0.1) is 13.8 Å². The Kier molecular flexibility index (Phi) is 6.15. The van der Waals surface area contributed by atoms with Gasteiger partial charge in [0.2, 0.25) is 0 Å². The van der Waals surface area contributed by atoms with Crippen LogP contribution in [0.25, 0.3) is 0 Å². The molecule has 0 heterocycles. The van der Waals surface area contributed by atoms with E-state index in [1.807, 2.05) is 111 Å². The Morgan fingerprint density at radius 2 is 0.935 bits per heavy atom. The first-order valence-electron chi connectivity index (χ1n) is 10.1. The van der Waals surface area contributed by atoms with Gasteiger partial charge in [-0.05, 0) is 38.1 Å². The van der Waals surface area contributed by atoms with Crippen molar-refractivity contribution in [2.75, 3.05) is 0 Å². The quantitative estimate of drug-likeness (QED) is 0.316. The summed E-state index contributed by atoms with van der Waals surface area (Å²) in [4.78, 5) is 28.1. The van der Waals surface area contributed by atoms with E-state index >= 15 is 0 Å². The van der Waals surface area contributed by atoms with Gasteiger partial charge in [-0.1, -0.05) is 95.7 Å². The molecule has 0 radical (unpaired) electrons. The minimum Gasteiger partial charge on any atom is -0.289 e. The van der Waals surface area contributed by atoms with E-state index in [-0.39, 0.29) is 11.6 Å². The smallest absolute Gasteiger partial charge is 0.194 e. The van der Waals surface area contributed by atoms with Crippen LogP contribution in [0.4, 0.5) is 0 Å². The lowest BCUT2D eigenvalue weighted by molar-refractivity contribution is 0.102. The maximum atomic E-state index is 13.2. The van der Waals surface area contributed by atoms with E-state index in [0.29, 0.717) is 22.3 Å². The fourth-order valence-corrected chi connectivity index (χ4v) is 4.46. The number of hydrogen-bond acceptors (Lipinski definition) is 3. The molecule has 0 aliphatic heterocycles. The van der Waals surface area contributed by atoms with Crippen molar-refractivity contribution in [2.45, 2.75) is 23.6 Å². The van der Waals surface area contributed by atoms with Gasteiger partial charge in [-0.15, -0.1) is 0 Å². The SMILES string of the molecule is Cc1ccc(Sc2ccc(C)cc2C(=O)c2ccccc2)c(C(=O)c2ccccc2)c1. The van der Waals surface area contributed by atoms with Crippen molar-refractivity contribution in [3.8, 4) is 0 Å². The molecule has 0 amide bonds. The molecule has 0 fully saturated rings. The van der Waals surface area contributed by atoms with Crippen LogP contribution < -0.4 is 0 Å². The highest BCUT2D eigenvalue weighted by Gasteiger charge is 2.19. The second-order valence-electron chi connectivity index (χ2n) is 7.49. The number of carbonyl (C=O) groups excluding carboxylic acids is 2. The van der Waals surface area contributed by atoms with Crippen molar-refractivity contribution in [1.82, 2.24) is 0 Å². The van der Waals surface area contributed by atoms with E-state index in [2.05, 4.69) is 0 Å². The lowest BCUT2D eigenvalue weighted by Gasteiger charge is -2.13. The summed E-state index contributed by atoms with van der Waals surface area (Å²) in [6.07, 6.45) is 0. The van der Waals surface area contributed by atoms with E-state index < -0.39 is 0 Å². The predicted octanol–water partition coefficient (Wildman–Crippen LogP) is 6.92. The molecule has 0 saturated heterocycles. The van der Waals surface area contributed by atoms with Gasteiger partial charge in [-0.3, -0.25) is 9.59 Å². The molecule has 0 atom stereocenters. The molecule has 0 aromatic heterocycles. The Morgan fingerprint density at radius 3 is 1.32 bits per heavy atom. The van der Waals surface area contributed by atoms with E-state index in [4.69, 9.17) is 0 Å². The summed E-state index contributed by atoms with van der Waals surface area (Å²) in [5.74, 6) is -0.0373. The Bertz CT molecular complexity index is 1150. The number of ketones is 2. The fraction of sp³-hybridized carbons (Fsp3) is 0.0714. The zero-order valence-corrected chi connectivity index (χ0v) is 18.3. The lowest BCUT2D eigenvalue weighted by atomic mass is 10.0. The molecule has 0 spiro atoms. The molecule has 0 N–H and O–H groups in total. The van der Waals surface area contributed by atoms with Gasteiger partial charge in [0.1, 0.15) is 0 Å². The van der Waals surface area contributed by atoms with Crippen LogP contribution in [0.2, 0.25) is 0 Å². The van der Waals surface area contributed by atoms with Gasteiger partial charge in [0.25, 0.3) is 0 Å². The van der Waals surface area contributed by atoms with Crippen molar-refractivity contribution in [3.63, 3.8) is 0 Å². The van der Waals surface area contributed by atoms with E-state index in [0.717, 1.165) is 20.9 Å². The second kappa shape index (κ2) is 9.15. The largest absolute Gasteiger partial charge is 0.289 e. The van der Waals surface area contributed by atoms with Crippen LogP contribution in [0.15, 0.2) is 107 Å². The van der Waals surface area contributed by atoms with Gasteiger partial charge in [-0.2, -0.15) is 0 Å². The molecule has 0 aliphatic carbocycles. The molecule has 2 nitrogen and oxygen atoms in total. The molecule has 0 bridgehead atoms. The number of carbonyl (C=O) groups is 2. The van der Waals surface area contributed by atoms with Crippen LogP contribution in [0.3, 0.4) is 0 Å². The molecule has 0 unspecified atom stereocenters. The third-order valence-electron chi connectivity index (χ3n) is 5.05. The van der Waals surface area contributed by atoms with Gasteiger partial charge in [0.05, 0.1) is 0 Å². The molecular formula is C28H22O2S. The minimum absolute atomic E-state index is 0.0187. The summed E-state index contributed by atoms with van der Waals surface area (Å²) in [5, 5.41) is 0. The van der Waals surface area contributed by atoms with Crippen LogP contribution in [0.5, 0.6) is 0 Å². The zero-order valence-electron chi connectivity index (χ0n) is 17.5. The number of aryl methyl sites for hydroxylation is 2. The van der Waals surface area contributed by atoms with Crippen molar-refractivity contribution in [1.29, 1.82) is 0 Å². The lowest BCUT2D eigenvalue weighted by Crippen LogP contribution is -2.05. The molecule has 4 aromatic rings. The fourth-order valence-electron chi connectivity index (χ4n) is 3.43. The van der Waals surface area contributed by atoms with Crippen LogP contribution in [-0.2, 0) is 0 Å². The summed E-state index contributed by atoms with van der Waals surface area (Å²) >= 11 is 1.46.